The normalized spacial score (nSPS) is 15.0. The van der Waals surface area contributed by atoms with Crippen molar-refractivity contribution in [3.05, 3.63) is 64.6 Å². The number of carbonyl (C=O) groups excluding carboxylic acids is 2. The fourth-order valence-electron chi connectivity index (χ4n) is 2.97. The first-order chi connectivity index (χ1) is 12.0. The monoisotopic (exact) mass is 339 g/mol. The maximum atomic E-state index is 12.5. The number of carbonyl (C=O) groups is 2. The molecule has 130 valence electrons. The summed E-state index contributed by atoms with van der Waals surface area (Å²) in [6.07, 6.45) is 2.83. The van der Waals surface area contributed by atoms with Crippen molar-refractivity contribution in [3.8, 4) is 0 Å². The van der Waals surface area contributed by atoms with Gasteiger partial charge in [0.2, 0.25) is 5.91 Å². The number of benzene rings is 1. The standard InChI is InChI=1S/C19H21N3O3/c1-21-10-7-15(13-17(21)23)19(25)22-11-8-14(9-12-22)18(24)20-16-5-3-2-4-6-16/h2-7,10,13-14H,8-9,11-12H2,1H3,(H,20,24). The quantitative estimate of drug-likeness (QED) is 0.928. The van der Waals surface area contributed by atoms with Crippen LogP contribution in [-0.4, -0.2) is 34.4 Å². The van der Waals surface area contributed by atoms with Crippen molar-refractivity contribution in [2.24, 2.45) is 13.0 Å². The number of likely N-dealkylation sites (tertiary alicyclic amines) is 1. The Morgan fingerprint density at radius 1 is 1.08 bits per heavy atom. The highest BCUT2D eigenvalue weighted by atomic mass is 16.2. The molecule has 0 aliphatic carbocycles. The molecule has 1 saturated heterocycles. The molecule has 2 heterocycles. The second-order valence-corrected chi connectivity index (χ2v) is 6.29. The molecule has 6 nitrogen and oxygen atoms in total. The van der Waals surface area contributed by atoms with Gasteiger partial charge < -0.3 is 14.8 Å². The number of piperidine rings is 1. The zero-order valence-corrected chi connectivity index (χ0v) is 14.1. The SMILES string of the molecule is Cn1ccc(C(=O)N2CCC(C(=O)Nc3ccccc3)CC2)cc1=O. The smallest absolute Gasteiger partial charge is 0.254 e. The van der Waals surface area contributed by atoms with Gasteiger partial charge in [-0.1, -0.05) is 18.2 Å². The van der Waals surface area contributed by atoms with Crippen LogP contribution in [0, 0.1) is 5.92 Å². The van der Waals surface area contributed by atoms with E-state index >= 15 is 0 Å². The number of nitrogens with one attached hydrogen (secondary N) is 1. The summed E-state index contributed by atoms with van der Waals surface area (Å²) in [5, 5.41) is 2.91. The van der Waals surface area contributed by atoms with Gasteiger partial charge in [-0.15, -0.1) is 0 Å². The number of pyridine rings is 1. The van der Waals surface area contributed by atoms with E-state index < -0.39 is 0 Å². The highest BCUT2D eigenvalue weighted by Gasteiger charge is 2.28. The third kappa shape index (κ3) is 3.96. The summed E-state index contributed by atoms with van der Waals surface area (Å²) in [6.45, 7) is 1.03. The Morgan fingerprint density at radius 3 is 2.40 bits per heavy atom. The Kier molecular flexibility index (Phi) is 4.97. The lowest BCUT2D eigenvalue weighted by molar-refractivity contribution is -0.121. The summed E-state index contributed by atoms with van der Waals surface area (Å²) in [7, 11) is 1.65. The number of para-hydroxylation sites is 1. The molecule has 2 aromatic rings. The van der Waals surface area contributed by atoms with Crippen LogP contribution in [-0.2, 0) is 11.8 Å². The molecular weight excluding hydrogens is 318 g/mol. The average molecular weight is 339 g/mol. The van der Waals surface area contributed by atoms with Crippen molar-refractivity contribution in [3.63, 3.8) is 0 Å². The van der Waals surface area contributed by atoms with Gasteiger partial charge in [-0.25, -0.2) is 0 Å². The lowest BCUT2D eigenvalue weighted by Crippen LogP contribution is -2.41. The first-order valence-electron chi connectivity index (χ1n) is 8.36. The van der Waals surface area contributed by atoms with Crippen LogP contribution in [0.25, 0.3) is 0 Å². The summed E-state index contributed by atoms with van der Waals surface area (Å²) >= 11 is 0. The molecule has 1 fully saturated rings. The Bertz CT molecular complexity index is 821. The van der Waals surface area contributed by atoms with E-state index in [4.69, 9.17) is 0 Å². The van der Waals surface area contributed by atoms with Gasteiger partial charge in [-0.05, 0) is 31.0 Å². The van der Waals surface area contributed by atoms with Crippen LogP contribution < -0.4 is 10.9 Å². The molecule has 25 heavy (non-hydrogen) atoms. The van der Waals surface area contributed by atoms with E-state index in [0.29, 0.717) is 31.5 Å². The van der Waals surface area contributed by atoms with Crippen LogP contribution >= 0.6 is 0 Å². The summed E-state index contributed by atoms with van der Waals surface area (Å²) in [6, 6.07) is 12.4. The zero-order valence-electron chi connectivity index (χ0n) is 14.1. The molecule has 0 radical (unpaired) electrons. The second-order valence-electron chi connectivity index (χ2n) is 6.29. The molecule has 1 aliphatic heterocycles. The lowest BCUT2D eigenvalue weighted by atomic mass is 9.95. The fourth-order valence-corrected chi connectivity index (χ4v) is 2.97. The van der Waals surface area contributed by atoms with Crippen LogP contribution in [0.15, 0.2) is 53.5 Å². The van der Waals surface area contributed by atoms with Gasteiger partial charge in [0.1, 0.15) is 0 Å². The van der Waals surface area contributed by atoms with Crippen LogP contribution in [0.3, 0.4) is 0 Å². The first kappa shape index (κ1) is 17.0. The Hall–Kier alpha value is -2.89. The van der Waals surface area contributed by atoms with Crippen molar-refractivity contribution >= 4 is 17.5 Å². The van der Waals surface area contributed by atoms with Crippen molar-refractivity contribution in [2.75, 3.05) is 18.4 Å². The predicted molar refractivity (Wildman–Crippen MR) is 95.4 cm³/mol. The maximum Gasteiger partial charge on any atom is 0.254 e. The van der Waals surface area contributed by atoms with Gasteiger partial charge in [0.25, 0.3) is 11.5 Å². The summed E-state index contributed by atoms with van der Waals surface area (Å²) in [4.78, 5) is 38.2. The molecule has 1 N–H and O–H groups in total. The first-order valence-corrected chi connectivity index (χ1v) is 8.36. The third-order valence-corrected chi connectivity index (χ3v) is 4.55. The molecular formula is C19H21N3O3. The van der Waals surface area contributed by atoms with Gasteiger partial charge in [-0.3, -0.25) is 14.4 Å². The van der Waals surface area contributed by atoms with E-state index in [1.807, 2.05) is 30.3 Å². The molecule has 3 rings (SSSR count). The summed E-state index contributed by atoms with van der Waals surface area (Å²) in [5.41, 5.74) is 0.976. The van der Waals surface area contributed by atoms with Crippen LogP contribution in [0.2, 0.25) is 0 Å². The largest absolute Gasteiger partial charge is 0.339 e. The molecule has 0 spiro atoms. The highest BCUT2D eigenvalue weighted by molar-refractivity contribution is 5.95. The number of aryl methyl sites for hydroxylation is 1. The number of nitrogens with zero attached hydrogens (tertiary/aromatic N) is 2. The molecule has 2 amide bonds. The average Bonchev–Trinajstić information content (AvgIpc) is 2.64. The van der Waals surface area contributed by atoms with E-state index in [-0.39, 0.29) is 23.3 Å². The summed E-state index contributed by atoms with van der Waals surface area (Å²) in [5.74, 6) is -0.264. The molecule has 0 atom stereocenters. The van der Waals surface area contributed by atoms with E-state index in [1.54, 1.807) is 24.2 Å². The maximum absolute atomic E-state index is 12.5. The van der Waals surface area contributed by atoms with Gasteiger partial charge >= 0.3 is 0 Å². The van der Waals surface area contributed by atoms with Crippen LogP contribution in [0.4, 0.5) is 5.69 Å². The number of hydrogen-bond donors (Lipinski definition) is 1. The minimum absolute atomic E-state index is 0.00752. The molecule has 1 aliphatic rings. The van der Waals surface area contributed by atoms with Gasteiger partial charge in [0.05, 0.1) is 0 Å². The number of hydrogen-bond acceptors (Lipinski definition) is 3. The highest BCUT2D eigenvalue weighted by Crippen LogP contribution is 2.20. The second kappa shape index (κ2) is 7.34. The van der Waals surface area contributed by atoms with E-state index in [0.717, 1.165) is 5.69 Å². The van der Waals surface area contributed by atoms with Crippen molar-refractivity contribution in [2.45, 2.75) is 12.8 Å². The van der Waals surface area contributed by atoms with Crippen molar-refractivity contribution < 1.29 is 9.59 Å². The molecule has 1 aromatic heterocycles. The Labute approximate surface area is 146 Å². The van der Waals surface area contributed by atoms with E-state index in [9.17, 15) is 14.4 Å². The number of anilines is 1. The fraction of sp³-hybridized carbons (Fsp3) is 0.316. The molecule has 0 unspecified atom stereocenters. The van der Waals surface area contributed by atoms with Gasteiger partial charge in [0, 0.05) is 49.6 Å². The summed E-state index contributed by atoms with van der Waals surface area (Å²) < 4.78 is 1.43. The van der Waals surface area contributed by atoms with Gasteiger partial charge in [-0.2, -0.15) is 0 Å². The molecule has 0 bridgehead atoms. The minimum atomic E-state index is -0.206. The minimum Gasteiger partial charge on any atom is -0.339 e. The Balaban J connectivity index is 1.57. The number of aromatic nitrogens is 1. The lowest BCUT2D eigenvalue weighted by Gasteiger charge is -2.31. The van der Waals surface area contributed by atoms with Crippen LogP contribution in [0.5, 0.6) is 0 Å². The molecule has 6 heteroatoms. The van der Waals surface area contributed by atoms with E-state index in [2.05, 4.69) is 5.32 Å². The molecule has 0 saturated carbocycles. The van der Waals surface area contributed by atoms with Crippen molar-refractivity contribution in [1.29, 1.82) is 0 Å². The van der Waals surface area contributed by atoms with Gasteiger partial charge in [0.15, 0.2) is 0 Å². The number of amides is 2. The van der Waals surface area contributed by atoms with Crippen molar-refractivity contribution in [1.82, 2.24) is 9.47 Å². The topological polar surface area (TPSA) is 71.4 Å². The molecule has 1 aromatic carbocycles. The van der Waals surface area contributed by atoms with E-state index in [1.165, 1.54) is 10.6 Å². The Morgan fingerprint density at radius 2 is 1.76 bits per heavy atom. The predicted octanol–water partition coefficient (Wildman–Crippen LogP) is 1.88. The number of rotatable bonds is 3. The third-order valence-electron chi connectivity index (χ3n) is 4.55. The zero-order chi connectivity index (χ0) is 17.8. The van der Waals surface area contributed by atoms with Crippen LogP contribution in [0.1, 0.15) is 23.2 Å².